The van der Waals surface area contributed by atoms with Crippen molar-refractivity contribution in [2.75, 3.05) is 13.1 Å². The van der Waals surface area contributed by atoms with E-state index in [0.29, 0.717) is 31.5 Å². The summed E-state index contributed by atoms with van der Waals surface area (Å²) in [7, 11) is 0. The lowest BCUT2D eigenvalue weighted by atomic mass is 10.0. The number of hydrogen-bond donors (Lipinski definition) is 1. The fourth-order valence-corrected chi connectivity index (χ4v) is 3.03. The van der Waals surface area contributed by atoms with Gasteiger partial charge in [-0.25, -0.2) is 4.39 Å². The van der Waals surface area contributed by atoms with Gasteiger partial charge in [0.05, 0.1) is 11.8 Å². The van der Waals surface area contributed by atoms with E-state index in [-0.39, 0.29) is 23.7 Å². The monoisotopic (exact) mass is 356 g/mol. The van der Waals surface area contributed by atoms with Crippen molar-refractivity contribution in [1.82, 2.24) is 10.2 Å². The SMILES string of the molecule is C/C(=C\C(=O)NC1CCN(C(=O)c2ccoc2)CC1)c1ccc(F)cc1. The molecule has 1 aliphatic rings. The van der Waals surface area contributed by atoms with E-state index < -0.39 is 0 Å². The summed E-state index contributed by atoms with van der Waals surface area (Å²) >= 11 is 0. The van der Waals surface area contributed by atoms with E-state index in [0.717, 1.165) is 11.1 Å². The first kappa shape index (κ1) is 17.9. The van der Waals surface area contributed by atoms with Gasteiger partial charge in [0, 0.05) is 25.2 Å². The Labute approximate surface area is 151 Å². The van der Waals surface area contributed by atoms with Crippen molar-refractivity contribution in [3.8, 4) is 0 Å². The molecule has 3 rings (SSSR count). The number of nitrogens with one attached hydrogen (secondary N) is 1. The van der Waals surface area contributed by atoms with Crippen molar-refractivity contribution < 1.29 is 18.4 Å². The molecule has 0 spiro atoms. The van der Waals surface area contributed by atoms with Crippen LogP contribution < -0.4 is 5.32 Å². The van der Waals surface area contributed by atoms with Crippen LogP contribution in [0.25, 0.3) is 5.57 Å². The molecule has 0 aliphatic carbocycles. The molecular formula is C20H21FN2O3. The number of carbonyl (C=O) groups is 2. The highest BCUT2D eigenvalue weighted by Crippen LogP contribution is 2.16. The number of rotatable bonds is 4. The molecule has 0 unspecified atom stereocenters. The van der Waals surface area contributed by atoms with E-state index in [1.165, 1.54) is 30.7 Å². The van der Waals surface area contributed by atoms with Crippen LogP contribution in [0.2, 0.25) is 0 Å². The van der Waals surface area contributed by atoms with Crippen LogP contribution in [0.3, 0.4) is 0 Å². The third-order valence-electron chi connectivity index (χ3n) is 4.54. The fraction of sp³-hybridized carbons (Fsp3) is 0.300. The van der Waals surface area contributed by atoms with Gasteiger partial charge in [-0.3, -0.25) is 9.59 Å². The van der Waals surface area contributed by atoms with Crippen LogP contribution in [0.15, 0.2) is 53.4 Å². The summed E-state index contributed by atoms with van der Waals surface area (Å²) < 4.78 is 17.9. The van der Waals surface area contributed by atoms with Crippen LogP contribution in [-0.4, -0.2) is 35.8 Å². The van der Waals surface area contributed by atoms with Crippen molar-refractivity contribution in [2.45, 2.75) is 25.8 Å². The van der Waals surface area contributed by atoms with Gasteiger partial charge in [0.1, 0.15) is 12.1 Å². The molecule has 6 heteroatoms. The number of hydrogen-bond acceptors (Lipinski definition) is 3. The predicted molar refractivity (Wildman–Crippen MR) is 95.8 cm³/mol. The zero-order valence-electron chi connectivity index (χ0n) is 14.6. The number of halogens is 1. The standard InChI is InChI=1S/C20H21FN2O3/c1-14(15-2-4-17(21)5-3-15)12-19(24)22-18-6-9-23(10-7-18)20(25)16-8-11-26-13-16/h2-5,8,11-13,18H,6-7,9-10H2,1H3,(H,22,24)/b14-12+. The number of furan rings is 1. The summed E-state index contributed by atoms with van der Waals surface area (Å²) in [5.41, 5.74) is 2.13. The molecule has 2 amide bonds. The Bertz CT molecular complexity index is 789. The first-order valence-corrected chi connectivity index (χ1v) is 8.59. The number of allylic oxidation sites excluding steroid dienone is 1. The molecule has 1 aliphatic heterocycles. The van der Waals surface area contributed by atoms with Crippen molar-refractivity contribution in [1.29, 1.82) is 0 Å². The quantitative estimate of drug-likeness (QED) is 0.856. The van der Waals surface area contributed by atoms with Gasteiger partial charge < -0.3 is 14.6 Å². The van der Waals surface area contributed by atoms with E-state index in [2.05, 4.69) is 5.32 Å². The Morgan fingerprint density at radius 1 is 1.15 bits per heavy atom. The Kier molecular flexibility index (Phi) is 5.51. The highest BCUT2D eigenvalue weighted by Gasteiger charge is 2.24. The fourth-order valence-electron chi connectivity index (χ4n) is 3.03. The highest BCUT2D eigenvalue weighted by atomic mass is 19.1. The molecular weight excluding hydrogens is 335 g/mol. The summed E-state index contributed by atoms with van der Waals surface area (Å²) in [4.78, 5) is 26.2. The largest absolute Gasteiger partial charge is 0.472 e. The van der Waals surface area contributed by atoms with E-state index in [1.807, 2.05) is 6.92 Å². The summed E-state index contributed by atoms with van der Waals surface area (Å²) in [6, 6.07) is 7.73. The van der Waals surface area contributed by atoms with E-state index >= 15 is 0 Å². The summed E-state index contributed by atoms with van der Waals surface area (Å²) in [5, 5.41) is 2.98. The molecule has 1 N–H and O–H groups in total. The maximum absolute atomic E-state index is 13.0. The topological polar surface area (TPSA) is 62.6 Å². The van der Waals surface area contributed by atoms with Crippen LogP contribution in [0, 0.1) is 5.82 Å². The lowest BCUT2D eigenvalue weighted by Crippen LogP contribution is -2.46. The van der Waals surface area contributed by atoms with Gasteiger partial charge in [-0.1, -0.05) is 12.1 Å². The van der Waals surface area contributed by atoms with E-state index in [1.54, 1.807) is 23.1 Å². The Balaban J connectivity index is 1.51. The molecule has 0 saturated carbocycles. The molecule has 136 valence electrons. The minimum Gasteiger partial charge on any atom is -0.472 e. The van der Waals surface area contributed by atoms with Crippen molar-refractivity contribution in [3.63, 3.8) is 0 Å². The van der Waals surface area contributed by atoms with Gasteiger partial charge in [0.15, 0.2) is 0 Å². The first-order chi connectivity index (χ1) is 12.5. The molecule has 1 fully saturated rings. The molecule has 0 bridgehead atoms. The van der Waals surface area contributed by atoms with Crippen LogP contribution in [0.4, 0.5) is 4.39 Å². The molecule has 5 nitrogen and oxygen atoms in total. The van der Waals surface area contributed by atoms with E-state index in [4.69, 9.17) is 4.42 Å². The number of benzene rings is 1. The minimum atomic E-state index is -0.303. The highest BCUT2D eigenvalue weighted by molar-refractivity contribution is 5.95. The third-order valence-corrected chi connectivity index (χ3v) is 4.54. The smallest absolute Gasteiger partial charge is 0.257 e. The Hall–Kier alpha value is -2.89. The Morgan fingerprint density at radius 2 is 1.85 bits per heavy atom. The second kappa shape index (κ2) is 7.99. The summed E-state index contributed by atoms with van der Waals surface area (Å²) in [5.74, 6) is -0.523. The molecule has 1 saturated heterocycles. The molecule has 0 radical (unpaired) electrons. The lowest BCUT2D eigenvalue weighted by Gasteiger charge is -2.32. The third kappa shape index (κ3) is 4.39. The average Bonchev–Trinajstić information content (AvgIpc) is 3.17. The Morgan fingerprint density at radius 3 is 2.46 bits per heavy atom. The van der Waals surface area contributed by atoms with Crippen molar-refractivity contribution in [3.05, 3.63) is 65.9 Å². The van der Waals surface area contributed by atoms with Gasteiger partial charge in [-0.2, -0.15) is 0 Å². The second-order valence-corrected chi connectivity index (χ2v) is 6.42. The first-order valence-electron chi connectivity index (χ1n) is 8.59. The summed E-state index contributed by atoms with van der Waals surface area (Å²) in [6.45, 7) is 3.00. The van der Waals surface area contributed by atoms with Crippen molar-refractivity contribution in [2.24, 2.45) is 0 Å². The molecule has 2 heterocycles. The van der Waals surface area contributed by atoms with Gasteiger partial charge >= 0.3 is 0 Å². The average molecular weight is 356 g/mol. The normalized spacial score (nSPS) is 15.8. The number of nitrogens with zero attached hydrogens (tertiary/aromatic N) is 1. The molecule has 1 aromatic heterocycles. The minimum absolute atomic E-state index is 0.0353. The number of piperidine rings is 1. The van der Waals surface area contributed by atoms with Gasteiger partial charge in [-0.15, -0.1) is 0 Å². The van der Waals surface area contributed by atoms with E-state index in [9.17, 15) is 14.0 Å². The summed E-state index contributed by atoms with van der Waals surface area (Å²) in [6.07, 6.45) is 5.86. The van der Waals surface area contributed by atoms with Gasteiger partial charge in [-0.05, 0) is 49.1 Å². The number of likely N-dealkylation sites (tertiary alicyclic amines) is 1. The van der Waals surface area contributed by atoms with Gasteiger partial charge in [0.2, 0.25) is 5.91 Å². The molecule has 26 heavy (non-hydrogen) atoms. The van der Waals surface area contributed by atoms with Crippen LogP contribution in [0.5, 0.6) is 0 Å². The molecule has 2 aromatic rings. The second-order valence-electron chi connectivity index (χ2n) is 6.42. The molecule has 0 atom stereocenters. The molecule has 1 aromatic carbocycles. The van der Waals surface area contributed by atoms with Gasteiger partial charge in [0.25, 0.3) is 5.91 Å². The van der Waals surface area contributed by atoms with Crippen LogP contribution in [-0.2, 0) is 4.79 Å². The maximum atomic E-state index is 13.0. The van der Waals surface area contributed by atoms with Crippen LogP contribution >= 0.6 is 0 Å². The maximum Gasteiger partial charge on any atom is 0.257 e. The zero-order chi connectivity index (χ0) is 18.5. The number of amides is 2. The van der Waals surface area contributed by atoms with Crippen molar-refractivity contribution >= 4 is 17.4 Å². The predicted octanol–water partition coefficient (Wildman–Crippen LogP) is 3.24. The number of carbonyl (C=O) groups excluding carboxylic acids is 2. The zero-order valence-corrected chi connectivity index (χ0v) is 14.6. The van der Waals surface area contributed by atoms with Crippen LogP contribution in [0.1, 0.15) is 35.7 Å². The lowest BCUT2D eigenvalue weighted by molar-refractivity contribution is -0.117.